The Bertz CT molecular complexity index is 1130. The van der Waals surface area contributed by atoms with E-state index < -0.39 is 17.6 Å². The minimum absolute atomic E-state index is 0.0293. The molecule has 0 unspecified atom stereocenters. The van der Waals surface area contributed by atoms with E-state index in [1.807, 2.05) is 0 Å². The van der Waals surface area contributed by atoms with Crippen molar-refractivity contribution in [2.24, 2.45) is 0 Å². The van der Waals surface area contributed by atoms with E-state index in [0.717, 1.165) is 12.1 Å². The van der Waals surface area contributed by atoms with Crippen LogP contribution >= 0.6 is 0 Å². The number of nitrogens with one attached hydrogen (secondary N) is 1. The van der Waals surface area contributed by atoms with Crippen LogP contribution in [0.5, 0.6) is 0 Å². The molecule has 0 bridgehead atoms. The number of amides is 1. The van der Waals surface area contributed by atoms with E-state index in [1.165, 1.54) is 30.7 Å². The van der Waals surface area contributed by atoms with Crippen LogP contribution in [0.15, 0.2) is 75.9 Å². The van der Waals surface area contributed by atoms with Gasteiger partial charge < -0.3 is 14.2 Å². The van der Waals surface area contributed by atoms with E-state index in [4.69, 9.17) is 8.83 Å². The number of aromatic nitrogens is 2. The van der Waals surface area contributed by atoms with Crippen LogP contribution in [-0.2, 0) is 6.18 Å². The van der Waals surface area contributed by atoms with Gasteiger partial charge in [0.25, 0.3) is 5.91 Å². The van der Waals surface area contributed by atoms with Gasteiger partial charge in [-0.25, -0.2) is 0 Å². The molecule has 0 aliphatic rings. The van der Waals surface area contributed by atoms with E-state index in [-0.39, 0.29) is 17.1 Å². The van der Waals surface area contributed by atoms with Crippen LogP contribution in [-0.4, -0.2) is 16.1 Å². The topological polar surface area (TPSA) is 81.2 Å². The lowest BCUT2D eigenvalue weighted by atomic mass is 10.1. The van der Waals surface area contributed by atoms with Crippen LogP contribution < -0.4 is 5.32 Å². The molecule has 0 saturated heterocycles. The molecule has 0 spiro atoms. The molecule has 0 fully saturated rings. The molecule has 9 heteroatoms. The summed E-state index contributed by atoms with van der Waals surface area (Å²) in [6, 6.07) is 14.2. The van der Waals surface area contributed by atoms with Crippen molar-refractivity contribution in [3.8, 4) is 22.8 Å². The molecule has 0 atom stereocenters. The van der Waals surface area contributed by atoms with Crippen LogP contribution in [0.3, 0.4) is 0 Å². The van der Waals surface area contributed by atoms with Crippen molar-refractivity contribution in [1.29, 1.82) is 0 Å². The molecule has 0 saturated carbocycles. The monoisotopic (exact) mass is 399 g/mol. The minimum atomic E-state index is -4.46. The maximum atomic E-state index is 12.9. The number of rotatable bonds is 4. The number of anilines is 1. The molecule has 0 aliphatic carbocycles. The molecule has 2 aromatic heterocycles. The number of halogens is 3. The van der Waals surface area contributed by atoms with Crippen molar-refractivity contribution >= 4 is 11.6 Å². The molecule has 2 heterocycles. The van der Waals surface area contributed by atoms with Gasteiger partial charge in [-0.1, -0.05) is 12.1 Å². The number of benzene rings is 2. The summed E-state index contributed by atoms with van der Waals surface area (Å²) in [7, 11) is 0. The molecule has 29 heavy (non-hydrogen) atoms. The number of carbonyl (C=O) groups is 1. The molecule has 0 aliphatic heterocycles. The van der Waals surface area contributed by atoms with Crippen LogP contribution in [0.4, 0.5) is 18.9 Å². The Morgan fingerprint density at radius 1 is 0.966 bits per heavy atom. The maximum absolute atomic E-state index is 12.9. The van der Waals surface area contributed by atoms with Crippen molar-refractivity contribution in [2.75, 3.05) is 5.32 Å². The van der Waals surface area contributed by atoms with Crippen molar-refractivity contribution in [1.82, 2.24) is 10.2 Å². The molecular weight excluding hydrogens is 387 g/mol. The summed E-state index contributed by atoms with van der Waals surface area (Å²) in [5, 5.41) is 10.0. The third kappa shape index (κ3) is 4.03. The predicted molar refractivity (Wildman–Crippen MR) is 96.8 cm³/mol. The van der Waals surface area contributed by atoms with Crippen LogP contribution in [0.2, 0.25) is 0 Å². The second-order valence-corrected chi connectivity index (χ2v) is 6.02. The van der Waals surface area contributed by atoms with Crippen molar-refractivity contribution in [3.05, 3.63) is 78.4 Å². The molecular formula is C20H12F3N3O3. The summed E-state index contributed by atoms with van der Waals surface area (Å²) >= 11 is 0. The first-order chi connectivity index (χ1) is 13.9. The van der Waals surface area contributed by atoms with Gasteiger partial charge in [0.2, 0.25) is 12.3 Å². The van der Waals surface area contributed by atoms with Gasteiger partial charge in [-0.2, -0.15) is 13.2 Å². The van der Waals surface area contributed by atoms with Crippen LogP contribution in [0.1, 0.15) is 16.1 Å². The SMILES string of the molecule is O=C(Nc1ccc(-c2nnco2)cc1)c1ccc(-c2cccc(C(F)(F)F)c2)o1. The number of alkyl halides is 3. The highest BCUT2D eigenvalue weighted by Gasteiger charge is 2.30. The third-order valence-electron chi connectivity index (χ3n) is 4.05. The fourth-order valence-electron chi connectivity index (χ4n) is 2.65. The number of carbonyl (C=O) groups excluding carboxylic acids is 1. The van der Waals surface area contributed by atoms with Crippen LogP contribution in [0.25, 0.3) is 22.8 Å². The van der Waals surface area contributed by atoms with Crippen LogP contribution in [0, 0.1) is 0 Å². The third-order valence-corrected chi connectivity index (χ3v) is 4.05. The van der Waals surface area contributed by atoms with Gasteiger partial charge in [-0.05, 0) is 48.5 Å². The summed E-state index contributed by atoms with van der Waals surface area (Å²) in [5.74, 6) is -0.0558. The summed E-state index contributed by atoms with van der Waals surface area (Å²) in [6.07, 6.45) is -3.25. The largest absolute Gasteiger partial charge is 0.451 e. The van der Waals surface area contributed by atoms with Gasteiger partial charge >= 0.3 is 6.18 Å². The minimum Gasteiger partial charge on any atom is -0.451 e. The maximum Gasteiger partial charge on any atom is 0.416 e. The normalized spacial score (nSPS) is 11.4. The zero-order chi connectivity index (χ0) is 20.4. The number of nitrogens with zero attached hydrogens (tertiary/aromatic N) is 2. The Morgan fingerprint density at radius 2 is 1.76 bits per heavy atom. The lowest BCUT2D eigenvalue weighted by Gasteiger charge is -2.07. The van der Waals surface area contributed by atoms with Crippen molar-refractivity contribution < 1.29 is 26.8 Å². The molecule has 4 rings (SSSR count). The van der Waals surface area contributed by atoms with Gasteiger partial charge in [-0.3, -0.25) is 4.79 Å². The van der Waals surface area contributed by atoms with Crippen molar-refractivity contribution in [2.45, 2.75) is 6.18 Å². The smallest absolute Gasteiger partial charge is 0.416 e. The first kappa shape index (κ1) is 18.5. The number of hydrogen-bond acceptors (Lipinski definition) is 5. The number of furan rings is 1. The molecule has 2 aromatic carbocycles. The second-order valence-electron chi connectivity index (χ2n) is 6.02. The standard InChI is InChI=1S/C20H12F3N3O3/c21-20(22,23)14-3-1-2-13(10-14)16-8-9-17(29-16)18(27)25-15-6-4-12(5-7-15)19-26-24-11-28-19/h1-11H,(H,25,27). The van der Waals surface area contributed by atoms with Gasteiger partial charge in [-0.15, -0.1) is 10.2 Å². The molecule has 4 aromatic rings. The molecule has 0 radical (unpaired) electrons. The predicted octanol–water partition coefficient (Wildman–Crippen LogP) is 5.27. The lowest BCUT2D eigenvalue weighted by Crippen LogP contribution is -2.10. The van der Waals surface area contributed by atoms with E-state index in [2.05, 4.69) is 15.5 Å². The summed E-state index contributed by atoms with van der Waals surface area (Å²) in [4.78, 5) is 12.4. The Kier molecular flexibility index (Phi) is 4.63. The summed E-state index contributed by atoms with van der Waals surface area (Å²) < 4.78 is 49.1. The van der Waals surface area contributed by atoms with E-state index >= 15 is 0 Å². The highest BCUT2D eigenvalue weighted by molar-refractivity contribution is 6.02. The average Bonchev–Trinajstić information content (AvgIpc) is 3.40. The van der Waals surface area contributed by atoms with E-state index in [1.54, 1.807) is 24.3 Å². The molecule has 6 nitrogen and oxygen atoms in total. The molecule has 1 amide bonds. The van der Waals surface area contributed by atoms with E-state index in [9.17, 15) is 18.0 Å². The quantitative estimate of drug-likeness (QED) is 0.506. The Morgan fingerprint density at radius 3 is 2.45 bits per heavy atom. The Labute approximate surface area is 162 Å². The highest BCUT2D eigenvalue weighted by Crippen LogP contribution is 2.32. The zero-order valence-electron chi connectivity index (χ0n) is 14.6. The Hall–Kier alpha value is -3.88. The van der Waals surface area contributed by atoms with Gasteiger partial charge in [0.05, 0.1) is 5.56 Å². The highest BCUT2D eigenvalue weighted by atomic mass is 19.4. The lowest BCUT2D eigenvalue weighted by molar-refractivity contribution is -0.137. The first-order valence-electron chi connectivity index (χ1n) is 8.35. The molecule has 146 valence electrons. The van der Waals surface area contributed by atoms with Gasteiger partial charge in [0.15, 0.2) is 5.76 Å². The van der Waals surface area contributed by atoms with E-state index in [0.29, 0.717) is 17.1 Å². The first-order valence-corrected chi connectivity index (χ1v) is 8.35. The van der Waals surface area contributed by atoms with Gasteiger partial charge in [0, 0.05) is 16.8 Å². The fourth-order valence-corrected chi connectivity index (χ4v) is 2.65. The summed E-state index contributed by atoms with van der Waals surface area (Å²) in [5.41, 5.74) is 0.613. The Balaban J connectivity index is 1.49. The van der Waals surface area contributed by atoms with Gasteiger partial charge in [0.1, 0.15) is 5.76 Å². The number of hydrogen-bond donors (Lipinski definition) is 1. The molecule has 1 N–H and O–H groups in total. The average molecular weight is 399 g/mol. The fraction of sp³-hybridized carbons (Fsp3) is 0.0500. The zero-order valence-corrected chi connectivity index (χ0v) is 14.6. The summed E-state index contributed by atoms with van der Waals surface area (Å²) in [6.45, 7) is 0. The van der Waals surface area contributed by atoms with Crippen molar-refractivity contribution in [3.63, 3.8) is 0 Å². The second kappa shape index (κ2) is 7.27.